The van der Waals surface area contributed by atoms with Gasteiger partial charge in [0.1, 0.15) is 11.2 Å². The van der Waals surface area contributed by atoms with Crippen molar-refractivity contribution in [2.75, 3.05) is 0 Å². The van der Waals surface area contributed by atoms with Crippen LogP contribution in [0.1, 0.15) is 0 Å². The predicted molar refractivity (Wildman–Crippen MR) is 256 cm³/mol. The van der Waals surface area contributed by atoms with Crippen LogP contribution < -0.4 is 0 Å². The molecule has 0 saturated carbocycles. The van der Waals surface area contributed by atoms with Gasteiger partial charge in [0.05, 0.1) is 16.7 Å². The van der Waals surface area contributed by atoms with Crippen molar-refractivity contribution < 1.29 is 4.42 Å². The van der Waals surface area contributed by atoms with Crippen molar-refractivity contribution >= 4 is 76.1 Å². The molecule has 0 aliphatic rings. The molecule has 3 heterocycles. The molecule has 13 aromatic rings. The third-order valence-electron chi connectivity index (χ3n) is 12.4. The first-order valence-corrected chi connectivity index (χ1v) is 20.9. The van der Waals surface area contributed by atoms with Crippen LogP contribution in [0.15, 0.2) is 211 Å². The average Bonchev–Trinajstić information content (AvgIpc) is 3.86. The highest BCUT2D eigenvalue weighted by atomic mass is 16.3. The number of aromatic nitrogens is 4. The molecule has 0 aliphatic carbocycles. The maximum absolute atomic E-state index is 6.90. The summed E-state index contributed by atoms with van der Waals surface area (Å²) in [7, 11) is 0. The lowest BCUT2D eigenvalue weighted by Crippen LogP contribution is -2.00. The summed E-state index contributed by atoms with van der Waals surface area (Å²) in [5.41, 5.74) is 9.80. The molecule has 0 saturated heterocycles. The fourth-order valence-electron chi connectivity index (χ4n) is 9.40. The summed E-state index contributed by atoms with van der Waals surface area (Å²) in [5, 5.41) is 11.5. The average molecular weight is 791 g/mol. The molecule has 0 fully saturated rings. The van der Waals surface area contributed by atoms with E-state index in [1.54, 1.807) is 0 Å². The van der Waals surface area contributed by atoms with E-state index in [1.807, 2.05) is 42.5 Å². The second kappa shape index (κ2) is 13.6. The lowest BCUT2D eigenvalue weighted by atomic mass is 9.98. The number of nitrogens with zero attached hydrogens (tertiary/aromatic N) is 4. The third kappa shape index (κ3) is 5.45. The topological polar surface area (TPSA) is 56.7 Å². The minimum Gasteiger partial charge on any atom is -0.456 e. The molecule has 13 rings (SSSR count). The summed E-state index contributed by atoms with van der Waals surface area (Å²) < 4.78 is 9.34. The highest BCUT2D eigenvalue weighted by molar-refractivity contribution is 6.18. The molecule has 5 nitrogen and oxygen atoms in total. The summed E-state index contributed by atoms with van der Waals surface area (Å²) in [6.07, 6.45) is 0. The number of furan rings is 1. The third-order valence-corrected chi connectivity index (χ3v) is 12.4. The van der Waals surface area contributed by atoms with Crippen molar-refractivity contribution in [3.05, 3.63) is 206 Å². The first-order valence-electron chi connectivity index (χ1n) is 20.9. The minimum absolute atomic E-state index is 0.585. The quantitative estimate of drug-likeness (QED) is 0.174. The Labute approximate surface area is 355 Å². The molecule has 3 aromatic heterocycles. The van der Waals surface area contributed by atoms with E-state index in [4.69, 9.17) is 19.4 Å². The zero-order valence-corrected chi connectivity index (χ0v) is 33.3. The molecule has 0 atom stereocenters. The van der Waals surface area contributed by atoms with Gasteiger partial charge < -0.3 is 8.98 Å². The Kier molecular flexibility index (Phi) is 7.54. The van der Waals surface area contributed by atoms with Crippen molar-refractivity contribution in [3.63, 3.8) is 0 Å². The Morgan fingerprint density at radius 3 is 1.50 bits per heavy atom. The molecule has 0 unspecified atom stereocenters. The number of hydrogen-bond acceptors (Lipinski definition) is 4. The van der Waals surface area contributed by atoms with Gasteiger partial charge in [0.2, 0.25) is 0 Å². The van der Waals surface area contributed by atoms with Gasteiger partial charge in [-0.15, -0.1) is 0 Å². The zero-order chi connectivity index (χ0) is 40.7. The van der Waals surface area contributed by atoms with Gasteiger partial charge in [0, 0.05) is 49.9 Å². The Bertz CT molecular complexity index is 3830. The molecule has 0 N–H and O–H groups in total. The van der Waals surface area contributed by atoms with Crippen molar-refractivity contribution in [3.8, 4) is 51.0 Å². The van der Waals surface area contributed by atoms with Crippen LogP contribution in [-0.4, -0.2) is 19.5 Å². The molecule has 62 heavy (non-hydrogen) atoms. The monoisotopic (exact) mass is 790 g/mol. The van der Waals surface area contributed by atoms with Crippen molar-refractivity contribution in [2.45, 2.75) is 0 Å². The zero-order valence-electron chi connectivity index (χ0n) is 33.3. The van der Waals surface area contributed by atoms with E-state index in [-0.39, 0.29) is 0 Å². The summed E-state index contributed by atoms with van der Waals surface area (Å²) >= 11 is 0. The van der Waals surface area contributed by atoms with E-state index in [2.05, 4.69) is 168 Å². The molecular formula is C57H34N4O. The van der Waals surface area contributed by atoms with Gasteiger partial charge in [-0.3, -0.25) is 0 Å². The standard InChI is InChI=1S/C57H34N4O/c1-3-15-36(16-4-1)45-33-48-53(34-51(45)61-49-31-41-22-11-9-20-39(41)29-46(49)47-30-40-21-10-12-23-42(40)32-50(47)61)62-52-25-13-24-44(54(48)52)57-59-55(37-17-5-2-6-18-37)58-56(60-57)43-27-26-35-14-7-8-19-38(35)28-43/h1-34H. The molecule has 0 bridgehead atoms. The summed E-state index contributed by atoms with van der Waals surface area (Å²) in [5.74, 6) is 1.81. The Hall–Kier alpha value is -8.41. The number of hydrogen-bond donors (Lipinski definition) is 0. The van der Waals surface area contributed by atoms with Crippen LogP contribution in [0.5, 0.6) is 0 Å². The largest absolute Gasteiger partial charge is 0.456 e. The van der Waals surface area contributed by atoms with E-state index < -0.39 is 0 Å². The van der Waals surface area contributed by atoms with Crippen LogP contribution in [0, 0.1) is 0 Å². The molecule has 10 aromatic carbocycles. The second-order valence-corrected chi connectivity index (χ2v) is 16.0. The molecule has 0 amide bonds. The molecule has 5 heteroatoms. The van der Waals surface area contributed by atoms with Crippen molar-refractivity contribution in [2.24, 2.45) is 0 Å². The van der Waals surface area contributed by atoms with Gasteiger partial charge in [-0.1, -0.05) is 158 Å². The van der Waals surface area contributed by atoms with Crippen LogP contribution in [0.3, 0.4) is 0 Å². The normalized spacial score (nSPS) is 11.9. The fourth-order valence-corrected chi connectivity index (χ4v) is 9.40. The Balaban J connectivity index is 1.10. The second-order valence-electron chi connectivity index (χ2n) is 16.0. The smallest absolute Gasteiger partial charge is 0.164 e. The van der Waals surface area contributed by atoms with Crippen molar-refractivity contribution in [1.29, 1.82) is 0 Å². The number of rotatable bonds is 5. The first kappa shape index (κ1) is 34.5. The van der Waals surface area contributed by atoms with Gasteiger partial charge in [0.15, 0.2) is 17.5 Å². The van der Waals surface area contributed by atoms with Gasteiger partial charge >= 0.3 is 0 Å². The highest BCUT2D eigenvalue weighted by Gasteiger charge is 2.23. The maximum Gasteiger partial charge on any atom is 0.164 e. The van der Waals surface area contributed by atoms with E-state index in [0.717, 1.165) is 71.9 Å². The summed E-state index contributed by atoms with van der Waals surface area (Å²) in [6, 6.07) is 72.9. The predicted octanol–water partition coefficient (Wildman–Crippen LogP) is 15.0. The lowest BCUT2D eigenvalue weighted by Gasteiger charge is -2.15. The fraction of sp³-hybridized carbons (Fsp3) is 0. The van der Waals surface area contributed by atoms with Crippen molar-refractivity contribution in [1.82, 2.24) is 19.5 Å². The SMILES string of the molecule is c1ccc(-c2nc(-c3ccc4ccccc4c3)nc(-c3cccc4oc5cc(-n6c7cc8ccccc8cc7c7cc8ccccc8cc76)c(-c6ccccc6)cc5c34)n2)cc1. The molecule has 0 aliphatic heterocycles. The van der Waals surface area contributed by atoms with Crippen LogP contribution in [0.25, 0.3) is 127 Å². The minimum atomic E-state index is 0.585. The van der Waals surface area contributed by atoms with Crippen LogP contribution >= 0.6 is 0 Å². The summed E-state index contributed by atoms with van der Waals surface area (Å²) in [4.78, 5) is 15.5. The summed E-state index contributed by atoms with van der Waals surface area (Å²) in [6.45, 7) is 0. The van der Waals surface area contributed by atoms with E-state index in [0.29, 0.717) is 17.5 Å². The number of fused-ring (bicyclic) bond motifs is 9. The molecule has 288 valence electrons. The van der Waals surface area contributed by atoms with Gasteiger partial charge in [-0.25, -0.2) is 15.0 Å². The number of benzene rings is 10. The first-order chi connectivity index (χ1) is 30.7. The van der Waals surface area contributed by atoms with Gasteiger partial charge in [-0.05, 0) is 80.3 Å². The van der Waals surface area contributed by atoms with E-state index >= 15 is 0 Å². The van der Waals surface area contributed by atoms with Crippen LogP contribution in [0.2, 0.25) is 0 Å². The van der Waals surface area contributed by atoms with Crippen LogP contribution in [-0.2, 0) is 0 Å². The molecule has 0 spiro atoms. The van der Waals surface area contributed by atoms with Gasteiger partial charge in [-0.2, -0.15) is 0 Å². The van der Waals surface area contributed by atoms with E-state index in [9.17, 15) is 0 Å². The van der Waals surface area contributed by atoms with E-state index in [1.165, 1.54) is 37.7 Å². The molecule has 0 radical (unpaired) electrons. The lowest BCUT2D eigenvalue weighted by molar-refractivity contribution is 0.668. The van der Waals surface area contributed by atoms with Gasteiger partial charge in [0.25, 0.3) is 0 Å². The maximum atomic E-state index is 6.90. The van der Waals surface area contributed by atoms with Crippen LogP contribution in [0.4, 0.5) is 0 Å². The molecular weight excluding hydrogens is 757 g/mol. The highest BCUT2D eigenvalue weighted by Crippen LogP contribution is 2.44. The Morgan fingerprint density at radius 2 is 0.855 bits per heavy atom. The Morgan fingerprint density at radius 1 is 0.323 bits per heavy atom.